The molecule has 0 aromatic carbocycles. The van der Waals surface area contributed by atoms with Crippen LogP contribution in [0.5, 0.6) is 0 Å². The third-order valence-corrected chi connectivity index (χ3v) is 6.19. The Hall–Kier alpha value is -0.880. The fourth-order valence-corrected chi connectivity index (χ4v) is 4.98. The standard InChI is InChI=1S/C13H23N3O2S/c1-5-15-12(4)13(11(3)14-15)19(17,18)16-9-7-6-8-10(16)2/h10H,5-9H2,1-4H3/t10-/m0/s1. The molecule has 0 N–H and O–H groups in total. The third-order valence-electron chi connectivity index (χ3n) is 3.92. The van der Waals surface area contributed by atoms with Gasteiger partial charge in [0.05, 0.1) is 11.4 Å². The van der Waals surface area contributed by atoms with Gasteiger partial charge in [0.2, 0.25) is 10.0 Å². The lowest BCUT2D eigenvalue weighted by Gasteiger charge is -2.32. The molecular weight excluding hydrogens is 262 g/mol. The minimum absolute atomic E-state index is 0.0857. The molecule has 0 saturated carbocycles. The Morgan fingerprint density at radius 1 is 1.32 bits per heavy atom. The van der Waals surface area contributed by atoms with E-state index in [-0.39, 0.29) is 6.04 Å². The fraction of sp³-hybridized carbons (Fsp3) is 0.769. The smallest absolute Gasteiger partial charge is 0.246 e. The predicted molar refractivity (Wildman–Crippen MR) is 74.6 cm³/mol. The van der Waals surface area contributed by atoms with E-state index in [0.717, 1.165) is 25.0 Å². The van der Waals surface area contributed by atoms with E-state index in [0.29, 0.717) is 23.7 Å². The van der Waals surface area contributed by atoms with Gasteiger partial charge in [0.1, 0.15) is 4.90 Å². The minimum Gasteiger partial charge on any atom is -0.268 e. The van der Waals surface area contributed by atoms with E-state index in [1.54, 1.807) is 15.9 Å². The van der Waals surface area contributed by atoms with Gasteiger partial charge in [0.25, 0.3) is 0 Å². The maximum absolute atomic E-state index is 12.8. The van der Waals surface area contributed by atoms with Crippen LogP contribution in [-0.2, 0) is 16.6 Å². The number of nitrogens with zero attached hydrogens (tertiary/aromatic N) is 3. The molecule has 1 atom stereocenters. The van der Waals surface area contributed by atoms with Gasteiger partial charge in [-0.1, -0.05) is 6.42 Å². The van der Waals surface area contributed by atoms with E-state index in [2.05, 4.69) is 5.10 Å². The summed E-state index contributed by atoms with van der Waals surface area (Å²) in [6.07, 6.45) is 3.00. The first kappa shape index (κ1) is 14.5. The molecule has 0 aliphatic carbocycles. The fourth-order valence-electron chi connectivity index (χ4n) is 2.91. The molecule has 0 unspecified atom stereocenters. The van der Waals surface area contributed by atoms with Gasteiger partial charge in [0.15, 0.2) is 0 Å². The second-order valence-electron chi connectivity index (χ2n) is 5.28. The molecule has 1 aromatic heterocycles. The lowest BCUT2D eigenvalue weighted by Crippen LogP contribution is -2.42. The van der Waals surface area contributed by atoms with Crippen LogP contribution in [0, 0.1) is 13.8 Å². The van der Waals surface area contributed by atoms with Gasteiger partial charge in [-0.05, 0) is 40.5 Å². The van der Waals surface area contributed by atoms with Crippen molar-refractivity contribution in [2.24, 2.45) is 0 Å². The maximum Gasteiger partial charge on any atom is 0.246 e. The summed E-state index contributed by atoms with van der Waals surface area (Å²) in [5.74, 6) is 0. The molecule has 19 heavy (non-hydrogen) atoms. The molecule has 108 valence electrons. The number of hydrogen-bond donors (Lipinski definition) is 0. The Balaban J connectivity index is 2.47. The van der Waals surface area contributed by atoms with Crippen molar-refractivity contribution in [2.75, 3.05) is 6.54 Å². The molecule has 0 radical (unpaired) electrons. The monoisotopic (exact) mass is 285 g/mol. The summed E-state index contributed by atoms with van der Waals surface area (Å²) in [5, 5.41) is 4.33. The van der Waals surface area contributed by atoms with Crippen LogP contribution < -0.4 is 0 Å². The zero-order valence-corrected chi connectivity index (χ0v) is 13.0. The highest BCUT2D eigenvalue weighted by Gasteiger charge is 2.34. The lowest BCUT2D eigenvalue weighted by atomic mass is 10.1. The second kappa shape index (κ2) is 5.25. The topological polar surface area (TPSA) is 55.2 Å². The Kier molecular flexibility index (Phi) is 4.01. The largest absolute Gasteiger partial charge is 0.268 e. The molecule has 0 bridgehead atoms. The van der Waals surface area contributed by atoms with Crippen molar-refractivity contribution < 1.29 is 8.42 Å². The average Bonchev–Trinajstić information content (AvgIpc) is 2.64. The highest BCUT2D eigenvalue weighted by Crippen LogP contribution is 2.28. The first-order valence-electron chi connectivity index (χ1n) is 6.95. The van der Waals surface area contributed by atoms with Gasteiger partial charge in [-0.15, -0.1) is 0 Å². The number of aryl methyl sites for hydroxylation is 2. The van der Waals surface area contributed by atoms with Crippen molar-refractivity contribution in [3.63, 3.8) is 0 Å². The predicted octanol–water partition coefficient (Wildman–Crippen LogP) is 2.08. The molecule has 1 fully saturated rings. The van der Waals surface area contributed by atoms with E-state index in [9.17, 15) is 8.42 Å². The number of piperidine rings is 1. The van der Waals surface area contributed by atoms with Crippen LogP contribution in [0.1, 0.15) is 44.5 Å². The quantitative estimate of drug-likeness (QED) is 0.854. The molecule has 1 aromatic rings. The number of sulfonamides is 1. The summed E-state index contributed by atoms with van der Waals surface area (Å²) >= 11 is 0. The van der Waals surface area contributed by atoms with E-state index in [1.165, 1.54) is 0 Å². The van der Waals surface area contributed by atoms with Crippen LogP contribution >= 0.6 is 0 Å². The summed E-state index contributed by atoms with van der Waals surface area (Å²) < 4.78 is 29.1. The zero-order valence-electron chi connectivity index (χ0n) is 12.2. The molecule has 0 amide bonds. The maximum atomic E-state index is 12.8. The van der Waals surface area contributed by atoms with Crippen LogP contribution in [-0.4, -0.2) is 35.1 Å². The second-order valence-corrected chi connectivity index (χ2v) is 7.10. The van der Waals surface area contributed by atoms with Crippen LogP contribution in [0.2, 0.25) is 0 Å². The van der Waals surface area contributed by atoms with Crippen molar-refractivity contribution in [3.05, 3.63) is 11.4 Å². The normalized spacial score (nSPS) is 21.8. The van der Waals surface area contributed by atoms with Crippen molar-refractivity contribution in [2.45, 2.75) is 64.4 Å². The summed E-state index contributed by atoms with van der Waals surface area (Å²) in [6.45, 7) is 8.90. The highest BCUT2D eigenvalue weighted by molar-refractivity contribution is 7.89. The molecule has 1 aliphatic rings. The van der Waals surface area contributed by atoms with Crippen LogP contribution in [0.15, 0.2) is 4.90 Å². The summed E-state index contributed by atoms with van der Waals surface area (Å²) in [4.78, 5) is 0.406. The Bertz CT molecular complexity index is 563. The van der Waals surface area contributed by atoms with Crippen molar-refractivity contribution in [1.82, 2.24) is 14.1 Å². The van der Waals surface area contributed by atoms with Crippen LogP contribution in [0.25, 0.3) is 0 Å². The SMILES string of the molecule is CCn1nc(C)c(S(=O)(=O)N2CCCC[C@@H]2C)c1C. The molecule has 2 heterocycles. The van der Waals surface area contributed by atoms with E-state index in [1.807, 2.05) is 20.8 Å². The number of aromatic nitrogens is 2. The van der Waals surface area contributed by atoms with E-state index in [4.69, 9.17) is 0 Å². The molecule has 1 aliphatic heterocycles. The molecule has 6 heteroatoms. The first-order valence-corrected chi connectivity index (χ1v) is 8.39. The Labute approximate surface area is 115 Å². The Morgan fingerprint density at radius 3 is 2.53 bits per heavy atom. The highest BCUT2D eigenvalue weighted by atomic mass is 32.2. The lowest BCUT2D eigenvalue weighted by molar-refractivity contribution is 0.268. The molecule has 0 spiro atoms. The van der Waals surface area contributed by atoms with Gasteiger partial charge in [-0.3, -0.25) is 4.68 Å². The molecular formula is C13H23N3O2S. The minimum atomic E-state index is -3.41. The Morgan fingerprint density at radius 2 is 2.00 bits per heavy atom. The van der Waals surface area contributed by atoms with Crippen molar-refractivity contribution in [3.8, 4) is 0 Å². The first-order chi connectivity index (χ1) is 8.89. The zero-order chi connectivity index (χ0) is 14.2. The van der Waals surface area contributed by atoms with Crippen molar-refractivity contribution in [1.29, 1.82) is 0 Å². The van der Waals surface area contributed by atoms with E-state index >= 15 is 0 Å². The van der Waals surface area contributed by atoms with Gasteiger partial charge < -0.3 is 0 Å². The van der Waals surface area contributed by atoms with Gasteiger partial charge in [-0.25, -0.2) is 8.42 Å². The van der Waals surface area contributed by atoms with Gasteiger partial charge in [0, 0.05) is 19.1 Å². The third kappa shape index (κ3) is 2.43. The molecule has 5 nitrogen and oxygen atoms in total. The molecule has 2 rings (SSSR count). The number of hydrogen-bond acceptors (Lipinski definition) is 3. The van der Waals surface area contributed by atoms with Gasteiger partial charge in [-0.2, -0.15) is 9.40 Å². The summed E-state index contributed by atoms with van der Waals surface area (Å²) in [6, 6.07) is 0.0857. The number of rotatable bonds is 3. The van der Waals surface area contributed by atoms with Crippen LogP contribution in [0.4, 0.5) is 0 Å². The van der Waals surface area contributed by atoms with Gasteiger partial charge >= 0.3 is 0 Å². The average molecular weight is 285 g/mol. The summed E-state index contributed by atoms with van der Waals surface area (Å²) in [7, 11) is -3.41. The summed E-state index contributed by atoms with van der Waals surface area (Å²) in [5.41, 5.74) is 1.36. The van der Waals surface area contributed by atoms with E-state index < -0.39 is 10.0 Å². The molecule has 1 saturated heterocycles. The van der Waals surface area contributed by atoms with Crippen molar-refractivity contribution >= 4 is 10.0 Å². The van der Waals surface area contributed by atoms with Crippen LogP contribution in [0.3, 0.4) is 0 Å².